The topological polar surface area (TPSA) is 9.72 Å². The lowest BCUT2D eigenvalue weighted by Crippen LogP contribution is -2.44. The summed E-state index contributed by atoms with van der Waals surface area (Å²) in [7, 11) is 0. The van der Waals surface area contributed by atoms with Crippen molar-refractivity contribution < 1.29 is 0 Å². The van der Waals surface area contributed by atoms with Gasteiger partial charge in [0.2, 0.25) is 0 Å². The lowest BCUT2D eigenvalue weighted by atomic mass is 9.72. The minimum atomic E-state index is 0.318. The maximum atomic E-state index is 2.78. The van der Waals surface area contributed by atoms with Crippen LogP contribution in [0.4, 0.5) is 5.69 Å². The van der Waals surface area contributed by atoms with Crippen LogP contribution in [-0.4, -0.2) is 65.6 Å². The summed E-state index contributed by atoms with van der Waals surface area (Å²) in [6, 6.07) is 9.85. The van der Waals surface area contributed by atoms with Crippen LogP contribution >= 0.6 is 22.6 Å². The Kier molecular flexibility index (Phi) is 14.0. The molecule has 1 aromatic carbocycles. The Bertz CT molecular complexity index is 1020. The second-order valence-corrected chi connectivity index (χ2v) is 16.9. The van der Waals surface area contributed by atoms with Crippen molar-refractivity contribution in [2.45, 2.75) is 127 Å². The summed E-state index contributed by atoms with van der Waals surface area (Å²) in [6.45, 7) is 14.0. The molecule has 3 nitrogen and oxygen atoms in total. The first kappa shape index (κ1) is 34.5. The Morgan fingerprint density at radius 2 is 1.30 bits per heavy atom. The first-order chi connectivity index (χ1) is 21.5. The summed E-state index contributed by atoms with van der Waals surface area (Å²) in [5, 5.41) is 0. The predicted octanol–water partition coefficient (Wildman–Crippen LogP) is 10.1. The van der Waals surface area contributed by atoms with Gasteiger partial charge in [-0.05, 0) is 106 Å². The first-order valence-electron chi connectivity index (χ1n) is 18.8. The van der Waals surface area contributed by atoms with Crippen LogP contribution in [0.25, 0.3) is 0 Å². The molecule has 2 atom stereocenters. The standard InChI is InChI=1S/C40H64IN3/c1-40(2)25-14-13-18-36(40)33-38(41)34-20-28-42(29-21-34)26-15-9-7-5-3-4-6-8-10-16-27-43-30-23-37(24-31-43)44-32-22-35-17-11-12-19-39(35)44/h11-14,17-19,25,34,36-38H,3-10,15-16,20-24,26-33H2,1-2H3. The molecular weight excluding hydrogens is 649 g/mol. The Labute approximate surface area is 285 Å². The molecule has 0 radical (unpaired) electrons. The van der Waals surface area contributed by atoms with E-state index in [-0.39, 0.29) is 0 Å². The van der Waals surface area contributed by atoms with Crippen molar-refractivity contribution in [3.8, 4) is 0 Å². The Balaban J connectivity index is 0.796. The van der Waals surface area contributed by atoms with E-state index in [1.54, 1.807) is 5.56 Å². The molecule has 0 spiro atoms. The van der Waals surface area contributed by atoms with Crippen LogP contribution in [0.5, 0.6) is 0 Å². The number of benzene rings is 1. The molecule has 4 heteroatoms. The fourth-order valence-electron chi connectivity index (χ4n) is 8.51. The van der Waals surface area contributed by atoms with Gasteiger partial charge in [0.1, 0.15) is 0 Å². The molecule has 246 valence electrons. The number of nitrogens with zero attached hydrogens (tertiary/aromatic N) is 3. The minimum Gasteiger partial charge on any atom is -0.368 e. The summed E-state index contributed by atoms with van der Waals surface area (Å²) < 4.78 is 0.817. The number of hydrogen-bond donors (Lipinski definition) is 0. The van der Waals surface area contributed by atoms with E-state index in [0.29, 0.717) is 11.3 Å². The smallest absolute Gasteiger partial charge is 0.0402 e. The number of anilines is 1. The normalized spacial score (nSPS) is 23.8. The third-order valence-corrected chi connectivity index (χ3v) is 13.2. The number of alkyl halides is 1. The van der Waals surface area contributed by atoms with Gasteiger partial charge < -0.3 is 14.7 Å². The number of fused-ring (bicyclic) bond motifs is 1. The molecule has 1 aliphatic carbocycles. The molecule has 2 unspecified atom stereocenters. The van der Waals surface area contributed by atoms with E-state index in [2.05, 4.69) is 99.7 Å². The van der Waals surface area contributed by atoms with Gasteiger partial charge >= 0.3 is 0 Å². The van der Waals surface area contributed by atoms with Crippen molar-refractivity contribution in [1.82, 2.24) is 9.80 Å². The van der Waals surface area contributed by atoms with Gasteiger partial charge in [-0.3, -0.25) is 0 Å². The summed E-state index contributed by atoms with van der Waals surface area (Å²) in [5.41, 5.74) is 3.40. The first-order valence-corrected chi connectivity index (χ1v) is 20.0. The molecular formula is C40H64IN3. The molecule has 0 saturated carbocycles. The molecule has 0 bridgehead atoms. The molecule has 5 rings (SSSR count). The van der Waals surface area contributed by atoms with Gasteiger partial charge in [0.25, 0.3) is 0 Å². The van der Waals surface area contributed by atoms with Crippen molar-refractivity contribution in [2.24, 2.45) is 17.3 Å². The Morgan fingerprint density at radius 3 is 1.91 bits per heavy atom. The molecule has 44 heavy (non-hydrogen) atoms. The third-order valence-electron chi connectivity index (χ3n) is 11.7. The number of piperidine rings is 2. The summed E-state index contributed by atoms with van der Waals surface area (Å²) >= 11 is 2.78. The highest BCUT2D eigenvalue weighted by atomic mass is 127. The molecule has 0 amide bonds. The minimum absolute atomic E-state index is 0.318. The average Bonchev–Trinajstić information content (AvgIpc) is 3.47. The van der Waals surface area contributed by atoms with Gasteiger partial charge in [0, 0.05) is 35.3 Å². The largest absolute Gasteiger partial charge is 0.368 e. The van der Waals surface area contributed by atoms with Gasteiger partial charge in [-0.15, -0.1) is 0 Å². The van der Waals surface area contributed by atoms with Crippen molar-refractivity contribution in [3.05, 3.63) is 54.1 Å². The highest BCUT2D eigenvalue weighted by Crippen LogP contribution is 2.40. The molecule has 0 aromatic heterocycles. The molecule has 4 aliphatic rings. The number of allylic oxidation sites excluding steroid dienone is 4. The summed E-state index contributed by atoms with van der Waals surface area (Å²) in [5.74, 6) is 1.61. The zero-order chi connectivity index (χ0) is 30.6. The van der Waals surface area contributed by atoms with E-state index < -0.39 is 0 Å². The predicted molar refractivity (Wildman–Crippen MR) is 200 cm³/mol. The van der Waals surface area contributed by atoms with Gasteiger partial charge in [-0.25, -0.2) is 0 Å². The number of unbranched alkanes of at least 4 members (excludes halogenated alkanes) is 9. The number of para-hydroxylation sites is 1. The highest BCUT2D eigenvalue weighted by Gasteiger charge is 2.32. The number of halogens is 1. The fourth-order valence-corrected chi connectivity index (χ4v) is 9.78. The molecule has 0 N–H and O–H groups in total. The molecule has 2 saturated heterocycles. The monoisotopic (exact) mass is 713 g/mol. The molecule has 2 fully saturated rings. The van der Waals surface area contributed by atoms with Crippen LogP contribution in [0.15, 0.2) is 48.6 Å². The van der Waals surface area contributed by atoms with Crippen LogP contribution < -0.4 is 4.90 Å². The van der Waals surface area contributed by atoms with Crippen LogP contribution in [0.2, 0.25) is 0 Å². The highest BCUT2D eigenvalue weighted by molar-refractivity contribution is 14.1. The van der Waals surface area contributed by atoms with E-state index in [4.69, 9.17) is 0 Å². The zero-order valence-corrected chi connectivity index (χ0v) is 30.6. The van der Waals surface area contributed by atoms with Crippen LogP contribution in [0.1, 0.15) is 116 Å². The van der Waals surface area contributed by atoms with Crippen molar-refractivity contribution >= 4 is 28.3 Å². The zero-order valence-electron chi connectivity index (χ0n) is 28.4. The van der Waals surface area contributed by atoms with Gasteiger partial charge in [0.15, 0.2) is 0 Å². The second-order valence-electron chi connectivity index (χ2n) is 15.3. The van der Waals surface area contributed by atoms with E-state index in [1.807, 2.05) is 0 Å². The second kappa shape index (κ2) is 17.9. The van der Waals surface area contributed by atoms with E-state index in [0.717, 1.165) is 15.9 Å². The average molecular weight is 714 g/mol. The lowest BCUT2D eigenvalue weighted by molar-refractivity contribution is 0.173. The van der Waals surface area contributed by atoms with E-state index >= 15 is 0 Å². The Hall–Kier alpha value is -0.850. The van der Waals surface area contributed by atoms with Crippen molar-refractivity contribution in [3.63, 3.8) is 0 Å². The Morgan fingerprint density at radius 1 is 0.727 bits per heavy atom. The fraction of sp³-hybridized carbons (Fsp3) is 0.750. The summed E-state index contributed by atoms with van der Waals surface area (Å²) in [6.07, 6.45) is 31.9. The lowest BCUT2D eigenvalue weighted by Gasteiger charge is -2.38. The van der Waals surface area contributed by atoms with Crippen molar-refractivity contribution in [1.29, 1.82) is 0 Å². The summed E-state index contributed by atoms with van der Waals surface area (Å²) in [4.78, 5) is 8.23. The van der Waals surface area contributed by atoms with Gasteiger partial charge in [-0.1, -0.05) is 130 Å². The molecule has 3 heterocycles. The maximum absolute atomic E-state index is 2.78. The van der Waals surface area contributed by atoms with E-state index in [1.165, 1.54) is 154 Å². The van der Waals surface area contributed by atoms with Crippen molar-refractivity contribution in [2.75, 3.05) is 50.7 Å². The number of rotatable bonds is 17. The molecule has 3 aliphatic heterocycles. The van der Waals surface area contributed by atoms with Crippen LogP contribution in [0.3, 0.4) is 0 Å². The van der Waals surface area contributed by atoms with Gasteiger partial charge in [-0.2, -0.15) is 0 Å². The molecule has 1 aromatic rings. The third kappa shape index (κ3) is 10.3. The van der Waals surface area contributed by atoms with Crippen LogP contribution in [-0.2, 0) is 6.42 Å². The number of hydrogen-bond acceptors (Lipinski definition) is 3. The van der Waals surface area contributed by atoms with Crippen LogP contribution in [0, 0.1) is 17.3 Å². The quantitative estimate of drug-likeness (QED) is 0.0904. The maximum Gasteiger partial charge on any atom is 0.0402 e. The SMILES string of the molecule is CC1(C)C=CC=CC1CC(I)C1CCN(CCCCCCCCCCCCN2CCC(N3CCc4ccccc43)CC2)CC1. The number of likely N-dealkylation sites (tertiary alicyclic amines) is 2. The van der Waals surface area contributed by atoms with Gasteiger partial charge in [0.05, 0.1) is 0 Å². The van der Waals surface area contributed by atoms with E-state index in [9.17, 15) is 0 Å².